The van der Waals surface area contributed by atoms with E-state index in [2.05, 4.69) is 22.9 Å². The van der Waals surface area contributed by atoms with Crippen molar-refractivity contribution in [2.45, 2.75) is 58.8 Å². The van der Waals surface area contributed by atoms with E-state index in [1.807, 2.05) is 25.1 Å². The first-order valence-electron chi connectivity index (χ1n) is 9.06. The van der Waals surface area contributed by atoms with E-state index >= 15 is 0 Å². The van der Waals surface area contributed by atoms with E-state index in [9.17, 15) is 9.59 Å². The third kappa shape index (κ3) is 9.30. The molecular weight excluding hydrogens is 302 g/mol. The molecule has 24 heavy (non-hydrogen) atoms. The van der Waals surface area contributed by atoms with Gasteiger partial charge in [-0.05, 0) is 37.6 Å². The first-order valence-corrected chi connectivity index (χ1v) is 9.06. The lowest BCUT2D eigenvalue weighted by Crippen LogP contribution is -2.28. The van der Waals surface area contributed by atoms with Crippen molar-refractivity contribution in [1.82, 2.24) is 5.32 Å². The average molecular weight is 333 g/mol. The van der Waals surface area contributed by atoms with Gasteiger partial charge in [-0.2, -0.15) is 0 Å². The van der Waals surface area contributed by atoms with E-state index in [0.717, 1.165) is 19.4 Å². The lowest BCUT2D eigenvalue weighted by Gasteiger charge is -2.09. The fourth-order valence-corrected chi connectivity index (χ4v) is 2.39. The first kappa shape index (κ1) is 20.2. The minimum Gasteiger partial charge on any atom is -0.326 e. The van der Waals surface area contributed by atoms with Gasteiger partial charge in [0.25, 0.3) is 0 Å². The second kappa shape index (κ2) is 12.5. The Kier molecular flexibility index (Phi) is 10.5. The molecule has 3 N–H and O–H groups in total. The molecule has 0 aliphatic rings. The monoisotopic (exact) mass is 333 g/mol. The molecule has 0 aliphatic heterocycles. The second-order valence-corrected chi connectivity index (χ2v) is 6.02. The Balaban J connectivity index is 2.27. The van der Waals surface area contributed by atoms with Crippen LogP contribution in [0.1, 0.15) is 58.8 Å². The summed E-state index contributed by atoms with van der Waals surface area (Å²) in [6.07, 6.45) is 7.42. The third-order valence-electron chi connectivity index (χ3n) is 3.65. The Morgan fingerprint density at radius 3 is 2.21 bits per heavy atom. The van der Waals surface area contributed by atoms with E-state index in [4.69, 9.17) is 0 Å². The molecule has 0 heterocycles. The van der Waals surface area contributed by atoms with Crippen LogP contribution >= 0.6 is 0 Å². The normalized spacial score (nSPS) is 10.4. The van der Waals surface area contributed by atoms with E-state index in [1.165, 1.54) is 25.7 Å². The van der Waals surface area contributed by atoms with Crippen molar-refractivity contribution in [1.29, 1.82) is 0 Å². The SMILES string of the molecule is CCCCCCCNCC(=O)Nc1cccc(NC(=O)CCC)c1. The number of unbranched alkanes of at least 4 members (excludes halogenated alkanes) is 4. The standard InChI is InChI=1S/C19H31N3O2/c1-3-5-6-7-8-13-20-15-19(24)22-17-12-9-11-16(14-17)21-18(23)10-4-2/h9,11-12,14,20H,3-8,10,13,15H2,1-2H3,(H,21,23)(H,22,24). The van der Waals surface area contributed by atoms with Gasteiger partial charge in [0.2, 0.25) is 11.8 Å². The van der Waals surface area contributed by atoms with Crippen LogP contribution in [0.15, 0.2) is 24.3 Å². The molecule has 2 amide bonds. The zero-order valence-corrected chi connectivity index (χ0v) is 15.0. The number of nitrogens with one attached hydrogen (secondary N) is 3. The molecule has 0 bridgehead atoms. The van der Waals surface area contributed by atoms with Crippen LogP contribution in [-0.4, -0.2) is 24.9 Å². The number of rotatable bonds is 12. The maximum Gasteiger partial charge on any atom is 0.238 e. The van der Waals surface area contributed by atoms with Crippen molar-refractivity contribution in [3.63, 3.8) is 0 Å². The fraction of sp³-hybridized carbons (Fsp3) is 0.579. The fourth-order valence-electron chi connectivity index (χ4n) is 2.39. The summed E-state index contributed by atoms with van der Waals surface area (Å²) >= 11 is 0. The molecular formula is C19H31N3O2. The van der Waals surface area contributed by atoms with Crippen LogP contribution in [0.25, 0.3) is 0 Å². The number of hydrogen-bond acceptors (Lipinski definition) is 3. The molecule has 5 heteroatoms. The van der Waals surface area contributed by atoms with E-state index in [1.54, 1.807) is 6.07 Å². The quantitative estimate of drug-likeness (QED) is 0.508. The average Bonchev–Trinajstić information content (AvgIpc) is 2.54. The summed E-state index contributed by atoms with van der Waals surface area (Å²) in [4.78, 5) is 23.5. The van der Waals surface area contributed by atoms with Crippen LogP contribution < -0.4 is 16.0 Å². The summed E-state index contributed by atoms with van der Waals surface area (Å²) in [6.45, 7) is 5.34. The number of benzene rings is 1. The van der Waals surface area contributed by atoms with Crippen molar-refractivity contribution in [2.75, 3.05) is 23.7 Å². The highest BCUT2D eigenvalue weighted by Gasteiger charge is 2.04. The Bertz CT molecular complexity index is 503. The van der Waals surface area contributed by atoms with E-state index in [0.29, 0.717) is 24.3 Å². The molecule has 0 saturated heterocycles. The number of amides is 2. The Labute approximate surface area is 145 Å². The van der Waals surface area contributed by atoms with Gasteiger partial charge in [0.15, 0.2) is 0 Å². The molecule has 0 saturated carbocycles. The summed E-state index contributed by atoms with van der Waals surface area (Å²) in [5.41, 5.74) is 1.40. The van der Waals surface area contributed by atoms with Gasteiger partial charge < -0.3 is 16.0 Å². The number of hydrogen-bond donors (Lipinski definition) is 3. The van der Waals surface area contributed by atoms with Gasteiger partial charge >= 0.3 is 0 Å². The molecule has 0 spiro atoms. The molecule has 1 rings (SSSR count). The zero-order valence-electron chi connectivity index (χ0n) is 15.0. The van der Waals surface area contributed by atoms with Gasteiger partial charge in [0.05, 0.1) is 6.54 Å². The second-order valence-electron chi connectivity index (χ2n) is 6.02. The van der Waals surface area contributed by atoms with E-state index < -0.39 is 0 Å². The Hall–Kier alpha value is -1.88. The van der Waals surface area contributed by atoms with Crippen LogP contribution in [0.5, 0.6) is 0 Å². The van der Waals surface area contributed by atoms with Crippen LogP contribution in [0.4, 0.5) is 11.4 Å². The summed E-state index contributed by atoms with van der Waals surface area (Å²) in [7, 11) is 0. The maximum atomic E-state index is 11.9. The van der Waals surface area contributed by atoms with Crippen molar-refractivity contribution >= 4 is 23.2 Å². The minimum atomic E-state index is -0.0689. The van der Waals surface area contributed by atoms with Crippen LogP contribution in [0.3, 0.4) is 0 Å². The summed E-state index contributed by atoms with van der Waals surface area (Å²) in [6, 6.07) is 7.23. The van der Waals surface area contributed by atoms with Gasteiger partial charge in [0.1, 0.15) is 0 Å². The predicted octanol–water partition coefficient (Wildman–Crippen LogP) is 3.92. The van der Waals surface area contributed by atoms with Crippen molar-refractivity contribution in [3.8, 4) is 0 Å². The van der Waals surface area contributed by atoms with Crippen LogP contribution in [0.2, 0.25) is 0 Å². The predicted molar refractivity (Wildman–Crippen MR) is 100 cm³/mol. The lowest BCUT2D eigenvalue weighted by atomic mass is 10.1. The number of anilines is 2. The van der Waals surface area contributed by atoms with Crippen molar-refractivity contribution in [2.24, 2.45) is 0 Å². The molecule has 5 nitrogen and oxygen atoms in total. The Morgan fingerprint density at radius 2 is 1.54 bits per heavy atom. The minimum absolute atomic E-state index is 0.00860. The van der Waals surface area contributed by atoms with Crippen molar-refractivity contribution < 1.29 is 9.59 Å². The molecule has 1 aromatic rings. The van der Waals surface area contributed by atoms with Gasteiger partial charge in [-0.15, -0.1) is 0 Å². The summed E-state index contributed by atoms with van der Waals surface area (Å²) < 4.78 is 0. The Morgan fingerprint density at radius 1 is 0.875 bits per heavy atom. The van der Waals surface area contributed by atoms with Crippen LogP contribution in [-0.2, 0) is 9.59 Å². The molecule has 0 aliphatic carbocycles. The van der Waals surface area contributed by atoms with Gasteiger partial charge in [-0.1, -0.05) is 45.6 Å². The topological polar surface area (TPSA) is 70.2 Å². The van der Waals surface area contributed by atoms with Gasteiger partial charge in [0, 0.05) is 17.8 Å². The van der Waals surface area contributed by atoms with Gasteiger partial charge in [-0.25, -0.2) is 0 Å². The largest absolute Gasteiger partial charge is 0.326 e. The summed E-state index contributed by atoms with van der Waals surface area (Å²) in [5, 5.41) is 8.84. The molecule has 134 valence electrons. The molecule has 0 aromatic heterocycles. The zero-order chi connectivity index (χ0) is 17.6. The maximum absolute atomic E-state index is 11.9. The number of carbonyl (C=O) groups excluding carboxylic acids is 2. The third-order valence-corrected chi connectivity index (χ3v) is 3.65. The molecule has 0 fully saturated rings. The highest BCUT2D eigenvalue weighted by atomic mass is 16.2. The smallest absolute Gasteiger partial charge is 0.238 e. The highest BCUT2D eigenvalue weighted by molar-refractivity contribution is 5.94. The first-order chi connectivity index (χ1) is 11.7. The number of carbonyl (C=O) groups is 2. The summed E-state index contributed by atoms with van der Waals surface area (Å²) in [5.74, 6) is -0.0775. The molecule has 0 unspecified atom stereocenters. The van der Waals surface area contributed by atoms with Crippen LogP contribution in [0, 0.1) is 0 Å². The highest BCUT2D eigenvalue weighted by Crippen LogP contribution is 2.15. The molecule has 1 aromatic carbocycles. The van der Waals surface area contributed by atoms with Gasteiger partial charge in [-0.3, -0.25) is 9.59 Å². The molecule has 0 radical (unpaired) electrons. The van der Waals surface area contributed by atoms with E-state index in [-0.39, 0.29) is 11.8 Å². The lowest BCUT2D eigenvalue weighted by molar-refractivity contribution is -0.116. The van der Waals surface area contributed by atoms with Crippen molar-refractivity contribution in [3.05, 3.63) is 24.3 Å². The molecule has 0 atom stereocenters.